The molecule has 0 unspecified atom stereocenters. The molecule has 10 heteroatoms. The number of rotatable bonds is 4. The quantitative estimate of drug-likeness (QED) is 0.414. The Hall–Kier alpha value is -2.20. The summed E-state index contributed by atoms with van der Waals surface area (Å²) in [5, 5.41) is 11.9. The van der Waals surface area contributed by atoms with Crippen molar-refractivity contribution in [3.63, 3.8) is 0 Å². The highest BCUT2D eigenvalue weighted by Crippen LogP contribution is 2.69. The molecule has 0 bridgehead atoms. The highest BCUT2D eigenvalue weighted by Gasteiger charge is 2.78. The molecule has 3 saturated carbocycles. The van der Waals surface area contributed by atoms with Gasteiger partial charge in [-0.1, -0.05) is 34.5 Å². The zero-order valence-electron chi connectivity index (χ0n) is 19.9. The average molecular weight is 555 g/mol. The van der Waals surface area contributed by atoms with Gasteiger partial charge in [0.05, 0.1) is 0 Å². The van der Waals surface area contributed by atoms with Crippen LogP contribution >= 0.6 is 15.9 Å². The molecule has 0 aromatic heterocycles. The number of ether oxygens (including phenoxy) is 2. The maximum Gasteiger partial charge on any atom is 0.303 e. The summed E-state index contributed by atoms with van der Waals surface area (Å²) >= 11 is 3.54. The summed E-state index contributed by atoms with van der Waals surface area (Å²) in [5.74, 6) is -5.25. The van der Waals surface area contributed by atoms with E-state index in [1.165, 1.54) is 25.2 Å². The molecule has 0 aliphatic heterocycles. The fourth-order valence-electron chi connectivity index (χ4n) is 6.98. The third kappa shape index (κ3) is 3.35. The third-order valence-corrected chi connectivity index (χ3v) is 9.61. The molecule has 0 radical (unpaired) electrons. The number of fused-ring (bicyclic) bond motifs is 5. The van der Waals surface area contributed by atoms with Crippen LogP contribution < -0.4 is 0 Å². The second-order valence-corrected chi connectivity index (χ2v) is 11.7. The minimum atomic E-state index is -2.43. The van der Waals surface area contributed by atoms with Gasteiger partial charge < -0.3 is 14.6 Å². The van der Waals surface area contributed by atoms with Crippen molar-refractivity contribution in [2.24, 2.45) is 22.7 Å². The van der Waals surface area contributed by atoms with E-state index < -0.39 is 81.4 Å². The van der Waals surface area contributed by atoms with Crippen LogP contribution in [0.2, 0.25) is 0 Å². The van der Waals surface area contributed by atoms with Crippen LogP contribution in [-0.2, 0) is 33.4 Å². The molecule has 0 amide bonds. The summed E-state index contributed by atoms with van der Waals surface area (Å²) < 4.78 is 27.5. The Kier molecular flexibility index (Phi) is 6.03. The Morgan fingerprint density at radius 1 is 1.20 bits per heavy atom. The first kappa shape index (κ1) is 25.9. The maximum atomic E-state index is 17.3. The van der Waals surface area contributed by atoms with Crippen LogP contribution in [0, 0.1) is 22.7 Å². The van der Waals surface area contributed by atoms with Crippen LogP contribution in [0.25, 0.3) is 0 Å². The highest BCUT2D eigenvalue weighted by atomic mass is 79.9. The molecular formula is C25H28BrFO8. The second-order valence-electron chi connectivity index (χ2n) is 10.5. The van der Waals surface area contributed by atoms with Crippen LogP contribution in [0.1, 0.15) is 47.0 Å². The van der Waals surface area contributed by atoms with E-state index in [-0.39, 0.29) is 18.6 Å². The summed E-state index contributed by atoms with van der Waals surface area (Å²) in [5.41, 5.74) is -7.19. The lowest BCUT2D eigenvalue weighted by atomic mass is 9.45. The number of carbonyl (C=O) groups excluding carboxylic acids is 5. The minimum Gasteiger partial charge on any atom is -0.459 e. The fraction of sp³-hybridized carbons (Fsp3) is 0.640. The number of ketones is 3. The molecule has 8 nitrogen and oxygen atoms in total. The van der Waals surface area contributed by atoms with Gasteiger partial charge in [0, 0.05) is 41.8 Å². The second kappa shape index (κ2) is 8.16. The van der Waals surface area contributed by atoms with Gasteiger partial charge in [-0.2, -0.15) is 0 Å². The topological polar surface area (TPSA) is 124 Å². The molecule has 0 spiro atoms. The van der Waals surface area contributed by atoms with E-state index in [9.17, 15) is 29.1 Å². The minimum absolute atomic E-state index is 0.0676. The number of Topliss-reactive ketones (excluding diaryl/α,β-unsaturated/α-hetero) is 2. The molecule has 4 rings (SSSR count). The van der Waals surface area contributed by atoms with Crippen LogP contribution in [-0.4, -0.2) is 63.2 Å². The van der Waals surface area contributed by atoms with Gasteiger partial charge >= 0.3 is 11.9 Å². The highest BCUT2D eigenvalue weighted by molar-refractivity contribution is 9.09. The number of hydrogen-bond acceptors (Lipinski definition) is 8. The number of esters is 2. The first-order valence-corrected chi connectivity index (χ1v) is 12.4. The summed E-state index contributed by atoms with van der Waals surface area (Å²) in [6.45, 7) is 4.57. The predicted octanol–water partition coefficient (Wildman–Crippen LogP) is 2.34. The SMILES string of the molecule is CC(=O)OCC(=O)[C@@]1(O)[C@H](OC(C)=O)C[C@H]2[C@@H]3[C@H](Br)CC4=CC(=O)C=C[C@]4(C)[C@@]3(F)C(=O)C[C@@]21C. The van der Waals surface area contributed by atoms with E-state index in [4.69, 9.17) is 9.47 Å². The summed E-state index contributed by atoms with van der Waals surface area (Å²) in [7, 11) is 0. The van der Waals surface area contributed by atoms with Gasteiger partial charge in [-0.25, -0.2) is 4.39 Å². The standard InChI is InChI=1S/C25H28BrFO8/c1-12(28)34-11-19(32)25(33)20(35-13(2)29)9-16-21-17(26)8-14-7-15(30)5-6-22(14,3)24(21,27)18(31)10-23(16,25)4/h5-7,16-17,20-21,33H,8-11H2,1-4H3/t16-,17+,20+,21+,22-,23-,24+,25+/m0/s1. The maximum absolute atomic E-state index is 17.3. The van der Waals surface area contributed by atoms with Crippen molar-refractivity contribution >= 4 is 45.2 Å². The summed E-state index contributed by atoms with van der Waals surface area (Å²) in [4.78, 5) is 61.7. The first-order chi connectivity index (χ1) is 16.1. The van der Waals surface area contributed by atoms with Gasteiger partial charge in [-0.3, -0.25) is 24.0 Å². The molecule has 0 saturated heterocycles. The lowest BCUT2D eigenvalue weighted by Gasteiger charge is -2.60. The van der Waals surface area contributed by atoms with Crippen molar-refractivity contribution in [1.82, 2.24) is 0 Å². The molecule has 1 N–H and O–H groups in total. The van der Waals surface area contributed by atoms with Gasteiger partial charge in [0.2, 0.25) is 5.78 Å². The Morgan fingerprint density at radius 3 is 2.46 bits per heavy atom. The van der Waals surface area contributed by atoms with Crippen molar-refractivity contribution in [3.05, 3.63) is 23.8 Å². The monoisotopic (exact) mass is 554 g/mol. The van der Waals surface area contributed by atoms with E-state index in [1.807, 2.05) is 0 Å². The Morgan fingerprint density at radius 2 is 1.86 bits per heavy atom. The molecule has 3 fully saturated rings. The average Bonchev–Trinajstić information content (AvgIpc) is 2.96. The number of carbonyl (C=O) groups is 5. The number of alkyl halides is 2. The zero-order chi connectivity index (χ0) is 26.1. The Bertz CT molecular complexity index is 1100. The molecule has 0 aromatic carbocycles. The predicted molar refractivity (Wildman–Crippen MR) is 123 cm³/mol. The van der Waals surface area contributed by atoms with Crippen molar-refractivity contribution in [2.45, 2.75) is 69.2 Å². The van der Waals surface area contributed by atoms with Crippen LogP contribution in [0.4, 0.5) is 4.39 Å². The van der Waals surface area contributed by atoms with E-state index in [0.29, 0.717) is 5.57 Å². The van der Waals surface area contributed by atoms with Crippen LogP contribution in [0.3, 0.4) is 0 Å². The van der Waals surface area contributed by atoms with Gasteiger partial charge in [0.15, 0.2) is 29.4 Å². The number of halogens is 2. The fourth-order valence-corrected chi connectivity index (χ4v) is 8.06. The van der Waals surface area contributed by atoms with Crippen molar-refractivity contribution in [3.8, 4) is 0 Å². The lowest BCUT2D eigenvalue weighted by molar-refractivity contribution is -0.196. The molecule has 0 aromatic rings. The largest absolute Gasteiger partial charge is 0.459 e. The zero-order valence-corrected chi connectivity index (χ0v) is 21.5. The van der Waals surface area contributed by atoms with Crippen molar-refractivity contribution < 1.29 is 42.9 Å². The van der Waals surface area contributed by atoms with E-state index in [1.54, 1.807) is 6.92 Å². The third-order valence-electron chi connectivity index (χ3n) is 8.71. The lowest BCUT2D eigenvalue weighted by Crippen LogP contribution is -2.70. The molecule has 4 aliphatic rings. The smallest absolute Gasteiger partial charge is 0.303 e. The van der Waals surface area contributed by atoms with Gasteiger partial charge in [-0.15, -0.1) is 0 Å². The van der Waals surface area contributed by atoms with Gasteiger partial charge in [0.25, 0.3) is 0 Å². The van der Waals surface area contributed by atoms with Crippen molar-refractivity contribution in [1.29, 1.82) is 0 Å². The van der Waals surface area contributed by atoms with Gasteiger partial charge in [-0.05, 0) is 37.8 Å². The van der Waals surface area contributed by atoms with Crippen LogP contribution in [0.15, 0.2) is 23.8 Å². The normalized spacial score (nSPS) is 44.0. The Balaban J connectivity index is 1.85. The molecule has 0 heterocycles. The Labute approximate surface area is 210 Å². The number of allylic oxidation sites excluding steroid dienone is 4. The molecule has 190 valence electrons. The molecule has 4 aliphatic carbocycles. The van der Waals surface area contributed by atoms with E-state index >= 15 is 4.39 Å². The molecular weight excluding hydrogens is 527 g/mol. The number of aliphatic hydroxyl groups is 1. The van der Waals surface area contributed by atoms with E-state index in [0.717, 1.165) is 13.8 Å². The molecule has 35 heavy (non-hydrogen) atoms. The van der Waals surface area contributed by atoms with Crippen molar-refractivity contribution in [2.75, 3.05) is 6.61 Å². The van der Waals surface area contributed by atoms with E-state index in [2.05, 4.69) is 15.9 Å². The first-order valence-electron chi connectivity index (χ1n) is 11.5. The molecule has 8 atom stereocenters. The van der Waals surface area contributed by atoms with Crippen LogP contribution in [0.5, 0.6) is 0 Å². The summed E-state index contributed by atoms with van der Waals surface area (Å²) in [6.07, 6.45) is 2.40. The van der Waals surface area contributed by atoms with Gasteiger partial charge in [0.1, 0.15) is 6.10 Å². The number of hydrogen-bond donors (Lipinski definition) is 1. The summed E-state index contributed by atoms with van der Waals surface area (Å²) in [6, 6.07) is 0.